The average Bonchev–Trinajstić information content (AvgIpc) is 3.23. The summed E-state index contributed by atoms with van der Waals surface area (Å²) in [6.07, 6.45) is 6.06. The second-order valence-electron chi connectivity index (χ2n) is 7.95. The van der Waals surface area contributed by atoms with Crippen LogP contribution in [0.3, 0.4) is 0 Å². The number of hydrogen-bond acceptors (Lipinski definition) is 3. The summed E-state index contributed by atoms with van der Waals surface area (Å²) in [5, 5.41) is 13.8. The minimum Gasteiger partial charge on any atom is -0.393 e. The first kappa shape index (κ1) is 15.6. The van der Waals surface area contributed by atoms with E-state index in [1.807, 2.05) is 0 Å². The lowest BCUT2D eigenvalue weighted by molar-refractivity contribution is 0.128. The molecule has 0 amide bonds. The van der Waals surface area contributed by atoms with E-state index in [0.717, 1.165) is 31.3 Å². The summed E-state index contributed by atoms with van der Waals surface area (Å²) in [4.78, 5) is 2.64. The predicted molar refractivity (Wildman–Crippen MR) is 93.1 cm³/mol. The van der Waals surface area contributed by atoms with Crippen molar-refractivity contribution in [3.63, 3.8) is 0 Å². The van der Waals surface area contributed by atoms with Gasteiger partial charge >= 0.3 is 0 Å². The van der Waals surface area contributed by atoms with E-state index < -0.39 is 0 Å². The van der Waals surface area contributed by atoms with Crippen LogP contribution < -0.4 is 5.32 Å². The molecule has 3 heteroatoms. The highest BCUT2D eigenvalue weighted by molar-refractivity contribution is 5.15. The van der Waals surface area contributed by atoms with Crippen LogP contribution in [0.15, 0.2) is 30.3 Å². The van der Waals surface area contributed by atoms with Crippen molar-refractivity contribution in [2.45, 2.75) is 50.8 Å². The summed E-state index contributed by atoms with van der Waals surface area (Å²) in [6.45, 7) is 4.63. The lowest BCUT2D eigenvalue weighted by Crippen LogP contribution is -2.39. The Morgan fingerprint density at radius 2 is 1.91 bits per heavy atom. The second kappa shape index (κ2) is 6.92. The Hall–Kier alpha value is -0.900. The molecule has 0 radical (unpaired) electrons. The molecular formula is C20H30N2O. The number of nitrogens with one attached hydrogen (secondary N) is 1. The zero-order chi connectivity index (χ0) is 15.6. The number of fused-ring (bicyclic) bond motifs is 1. The molecule has 1 aliphatic heterocycles. The molecule has 3 aliphatic rings. The van der Waals surface area contributed by atoms with E-state index in [-0.39, 0.29) is 6.10 Å². The summed E-state index contributed by atoms with van der Waals surface area (Å²) in [6, 6.07) is 11.5. The number of hydrogen-bond donors (Lipinski definition) is 2. The van der Waals surface area contributed by atoms with Crippen molar-refractivity contribution >= 4 is 0 Å². The Morgan fingerprint density at radius 3 is 2.70 bits per heavy atom. The number of nitrogens with zero attached hydrogens (tertiary/aromatic N) is 1. The maximum absolute atomic E-state index is 10.0. The Bertz CT molecular complexity index is 506. The molecule has 4 rings (SSSR count). The molecule has 2 aliphatic carbocycles. The van der Waals surface area contributed by atoms with Crippen LogP contribution in [0.1, 0.15) is 37.7 Å². The Morgan fingerprint density at radius 1 is 1.04 bits per heavy atom. The van der Waals surface area contributed by atoms with Crippen molar-refractivity contribution in [3.8, 4) is 0 Å². The van der Waals surface area contributed by atoms with E-state index in [2.05, 4.69) is 40.5 Å². The van der Waals surface area contributed by atoms with E-state index in [0.29, 0.717) is 12.0 Å². The summed E-state index contributed by atoms with van der Waals surface area (Å²) in [7, 11) is 0. The third kappa shape index (κ3) is 3.47. The number of benzene rings is 1. The molecule has 126 valence electrons. The molecule has 23 heavy (non-hydrogen) atoms. The molecule has 1 heterocycles. The third-order valence-corrected chi connectivity index (χ3v) is 6.44. The zero-order valence-electron chi connectivity index (χ0n) is 14.0. The van der Waals surface area contributed by atoms with Gasteiger partial charge in [-0.3, -0.25) is 4.90 Å². The molecule has 2 saturated carbocycles. The van der Waals surface area contributed by atoms with Crippen LogP contribution in [-0.2, 0) is 6.54 Å². The van der Waals surface area contributed by atoms with Gasteiger partial charge in [-0.15, -0.1) is 0 Å². The van der Waals surface area contributed by atoms with Crippen LogP contribution in [0.25, 0.3) is 0 Å². The fourth-order valence-electron chi connectivity index (χ4n) is 5.14. The van der Waals surface area contributed by atoms with Gasteiger partial charge in [-0.05, 0) is 49.0 Å². The molecule has 1 aromatic rings. The first-order chi connectivity index (χ1) is 11.3. The minimum atomic E-state index is -0.0575. The fraction of sp³-hybridized carbons (Fsp3) is 0.700. The highest BCUT2D eigenvalue weighted by Crippen LogP contribution is 2.39. The maximum Gasteiger partial charge on any atom is 0.0580 e. The number of aliphatic hydroxyl groups excluding tert-OH is 1. The van der Waals surface area contributed by atoms with Gasteiger partial charge in [0.1, 0.15) is 0 Å². The zero-order valence-corrected chi connectivity index (χ0v) is 14.0. The van der Waals surface area contributed by atoms with Crippen LogP contribution in [0.4, 0.5) is 0 Å². The van der Waals surface area contributed by atoms with Gasteiger partial charge in [-0.2, -0.15) is 0 Å². The van der Waals surface area contributed by atoms with Crippen LogP contribution in [0.5, 0.6) is 0 Å². The molecule has 1 aromatic carbocycles. The van der Waals surface area contributed by atoms with Crippen LogP contribution >= 0.6 is 0 Å². The normalized spacial score (nSPS) is 37.3. The molecule has 3 nitrogen and oxygen atoms in total. The summed E-state index contributed by atoms with van der Waals surface area (Å²) in [5.74, 6) is 2.19. The largest absolute Gasteiger partial charge is 0.393 e. The van der Waals surface area contributed by atoms with Gasteiger partial charge < -0.3 is 10.4 Å². The highest BCUT2D eigenvalue weighted by atomic mass is 16.3. The molecule has 2 N–H and O–H groups in total. The van der Waals surface area contributed by atoms with Gasteiger partial charge in [0, 0.05) is 32.2 Å². The van der Waals surface area contributed by atoms with Gasteiger partial charge in [0.2, 0.25) is 0 Å². The van der Waals surface area contributed by atoms with Crippen molar-refractivity contribution in [1.82, 2.24) is 10.2 Å². The molecule has 0 aromatic heterocycles. The summed E-state index contributed by atoms with van der Waals surface area (Å²) < 4.78 is 0. The topological polar surface area (TPSA) is 35.5 Å². The van der Waals surface area contributed by atoms with Crippen molar-refractivity contribution < 1.29 is 5.11 Å². The van der Waals surface area contributed by atoms with Crippen LogP contribution in [-0.4, -0.2) is 41.8 Å². The Labute approximate surface area is 140 Å². The maximum atomic E-state index is 10.0. The number of aliphatic hydroxyl groups is 1. The summed E-state index contributed by atoms with van der Waals surface area (Å²) in [5.41, 5.74) is 1.44. The van der Waals surface area contributed by atoms with Gasteiger partial charge in [-0.25, -0.2) is 0 Å². The SMILES string of the molecule is OC1CCCC1CNC1CCC2CN(Cc3ccccc3)CC21. The van der Waals surface area contributed by atoms with Gasteiger partial charge in [0.15, 0.2) is 0 Å². The number of likely N-dealkylation sites (tertiary alicyclic amines) is 1. The first-order valence-corrected chi connectivity index (χ1v) is 9.47. The third-order valence-electron chi connectivity index (χ3n) is 6.44. The molecule has 5 unspecified atom stereocenters. The van der Waals surface area contributed by atoms with E-state index in [1.165, 1.54) is 44.3 Å². The standard InChI is InChI=1S/C20H30N2O/c23-20-8-4-7-16(20)11-21-19-10-9-17-13-22(14-18(17)19)12-15-5-2-1-3-6-15/h1-3,5-6,16-21,23H,4,7-14H2. The fourth-order valence-corrected chi connectivity index (χ4v) is 5.14. The number of rotatable bonds is 5. The van der Waals surface area contributed by atoms with E-state index in [1.54, 1.807) is 0 Å². The average molecular weight is 314 g/mol. The van der Waals surface area contributed by atoms with Gasteiger partial charge in [-0.1, -0.05) is 36.8 Å². The van der Waals surface area contributed by atoms with Gasteiger partial charge in [0.05, 0.1) is 6.10 Å². The van der Waals surface area contributed by atoms with E-state index >= 15 is 0 Å². The van der Waals surface area contributed by atoms with Crippen molar-refractivity contribution in [2.24, 2.45) is 17.8 Å². The minimum absolute atomic E-state index is 0.0575. The highest BCUT2D eigenvalue weighted by Gasteiger charge is 2.42. The smallest absolute Gasteiger partial charge is 0.0580 e. The Kier molecular flexibility index (Phi) is 4.70. The molecule has 3 fully saturated rings. The Balaban J connectivity index is 1.29. The molecule has 5 atom stereocenters. The lowest BCUT2D eigenvalue weighted by atomic mass is 9.97. The molecule has 1 saturated heterocycles. The monoisotopic (exact) mass is 314 g/mol. The summed E-state index contributed by atoms with van der Waals surface area (Å²) >= 11 is 0. The van der Waals surface area contributed by atoms with Crippen molar-refractivity contribution in [3.05, 3.63) is 35.9 Å². The molecular weight excluding hydrogens is 284 g/mol. The molecule has 0 bridgehead atoms. The van der Waals surface area contributed by atoms with Gasteiger partial charge in [0.25, 0.3) is 0 Å². The second-order valence-corrected chi connectivity index (χ2v) is 7.95. The first-order valence-electron chi connectivity index (χ1n) is 9.47. The predicted octanol–water partition coefficient (Wildman–Crippen LogP) is 2.65. The van der Waals surface area contributed by atoms with Crippen LogP contribution in [0, 0.1) is 17.8 Å². The van der Waals surface area contributed by atoms with Crippen molar-refractivity contribution in [2.75, 3.05) is 19.6 Å². The lowest BCUT2D eigenvalue weighted by Gasteiger charge is -2.24. The van der Waals surface area contributed by atoms with E-state index in [4.69, 9.17) is 0 Å². The van der Waals surface area contributed by atoms with Crippen molar-refractivity contribution in [1.29, 1.82) is 0 Å². The molecule has 0 spiro atoms. The quantitative estimate of drug-likeness (QED) is 0.877. The van der Waals surface area contributed by atoms with E-state index in [9.17, 15) is 5.11 Å². The van der Waals surface area contributed by atoms with Crippen LogP contribution in [0.2, 0.25) is 0 Å².